The molecule has 0 heterocycles. The van der Waals surface area contributed by atoms with E-state index < -0.39 is 6.10 Å². The second-order valence-electron chi connectivity index (χ2n) is 5.84. The summed E-state index contributed by atoms with van der Waals surface area (Å²) in [6.07, 6.45) is 1.41. The van der Waals surface area contributed by atoms with Gasteiger partial charge in [0.2, 0.25) is 0 Å². The van der Waals surface area contributed by atoms with Gasteiger partial charge in [0, 0.05) is 16.1 Å². The highest BCUT2D eigenvalue weighted by Crippen LogP contribution is 2.54. The van der Waals surface area contributed by atoms with E-state index in [-0.39, 0.29) is 23.6 Å². The molecule has 0 bridgehead atoms. The lowest BCUT2D eigenvalue weighted by Crippen LogP contribution is -2.29. The van der Waals surface area contributed by atoms with Crippen LogP contribution in [-0.2, 0) is 4.79 Å². The second kappa shape index (κ2) is 7.20. The van der Waals surface area contributed by atoms with Crippen LogP contribution in [0.1, 0.15) is 19.3 Å². The van der Waals surface area contributed by atoms with Crippen molar-refractivity contribution in [1.82, 2.24) is 0 Å². The molecule has 120 valence electrons. The molecule has 1 aliphatic carbocycles. The molecule has 1 saturated carbocycles. The molecule has 0 unspecified atom stereocenters. The number of hydrogen-bond donors (Lipinski definition) is 1. The van der Waals surface area contributed by atoms with E-state index >= 15 is 0 Å². The van der Waals surface area contributed by atoms with E-state index in [2.05, 4.69) is 0 Å². The molecule has 1 N–H and O–H groups in total. The fourth-order valence-corrected chi connectivity index (χ4v) is 3.78. The van der Waals surface area contributed by atoms with Gasteiger partial charge < -0.3 is 9.84 Å². The van der Waals surface area contributed by atoms with Gasteiger partial charge in [-0.2, -0.15) is 0 Å². The van der Waals surface area contributed by atoms with E-state index in [9.17, 15) is 9.90 Å². The standard InChI is InChI=1S/C19H20O3S/c20-15(14-22-16-7-3-1-4-8-16)13-18(21)19(11-12-19)23-17-9-5-2-6-10-17/h1-10,18,21H,11-14H2/t18-/m1/s1. The zero-order valence-corrected chi connectivity index (χ0v) is 13.7. The van der Waals surface area contributed by atoms with E-state index in [4.69, 9.17) is 4.74 Å². The van der Waals surface area contributed by atoms with Crippen LogP contribution >= 0.6 is 11.8 Å². The van der Waals surface area contributed by atoms with Crippen molar-refractivity contribution in [2.24, 2.45) is 0 Å². The van der Waals surface area contributed by atoms with Crippen molar-refractivity contribution in [3.8, 4) is 5.75 Å². The van der Waals surface area contributed by atoms with E-state index in [1.54, 1.807) is 11.8 Å². The summed E-state index contributed by atoms with van der Waals surface area (Å²) in [5.74, 6) is 0.608. The molecule has 0 spiro atoms. The summed E-state index contributed by atoms with van der Waals surface area (Å²) in [7, 11) is 0. The summed E-state index contributed by atoms with van der Waals surface area (Å²) in [4.78, 5) is 13.2. The van der Waals surface area contributed by atoms with Gasteiger partial charge in [-0.05, 0) is 37.1 Å². The van der Waals surface area contributed by atoms with Crippen LogP contribution in [0.4, 0.5) is 0 Å². The number of hydrogen-bond acceptors (Lipinski definition) is 4. The first-order valence-electron chi connectivity index (χ1n) is 7.80. The maximum Gasteiger partial charge on any atom is 0.172 e. The molecule has 2 aromatic carbocycles. The summed E-state index contributed by atoms with van der Waals surface area (Å²) < 4.78 is 5.25. The number of para-hydroxylation sites is 1. The van der Waals surface area contributed by atoms with Gasteiger partial charge in [-0.25, -0.2) is 0 Å². The number of rotatable bonds is 8. The molecule has 0 aliphatic heterocycles. The Bertz CT molecular complexity index is 638. The smallest absolute Gasteiger partial charge is 0.172 e. The number of carbonyl (C=O) groups excluding carboxylic acids is 1. The average Bonchev–Trinajstić information content (AvgIpc) is 3.36. The van der Waals surface area contributed by atoms with E-state index in [0.29, 0.717) is 5.75 Å². The fourth-order valence-electron chi connectivity index (χ4n) is 2.49. The number of aliphatic hydroxyl groups is 1. The number of carbonyl (C=O) groups is 1. The van der Waals surface area contributed by atoms with Crippen molar-refractivity contribution in [1.29, 1.82) is 0 Å². The van der Waals surface area contributed by atoms with Gasteiger partial charge >= 0.3 is 0 Å². The highest BCUT2D eigenvalue weighted by molar-refractivity contribution is 8.01. The minimum atomic E-state index is -0.625. The molecule has 0 radical (unpaired) electrons. The zero-order chi connectivity index (χ0) is 16.1. The molecule has 0 saturated heterocycles. The molecule has 1 atom stereocenters. The lowest BCUT2D eigenvalue weighted by atomic mass is 10.1. The summed E-state index contributed by atoms with van der Waals surface area (Å²) >= 11 is 1.68. The summed E-state index contributed by atoms with van der Waals surface area (Å²) in [5, 5.41) is 10.5. The molecule has 3 nitrogen and oxygen atoms in total. The fraction of sp³-hybridized carbons (Fsp3) is 0.316. The molecule has 3 rings (SSSR count). The minimum Gasteiger partial charge on any atom is -0.486 e. The number of thioether (sulfide) groups is 1. The molecule has 4 heteroatoms. The summed E-state index contributed by atoms with van der Waals surface area (Å²) in [6.45, 7) is 0.00710. The lowest BCUT2D eigenvalue weighted by Gasteiger charge is -2.21. The highest BCUT2D eigenvalue weighted by Gasteiger charge is 2.50. The molecular formula is C19H20O3S. The van der Waals surface area contributed by atoms with Crippen molar-refractivity contribution >= 4 is 17.5 Å². The Morgan fingerprint density at radius 2 is 1.70 bits per heavy atom. The Hall–Kier alpha value is -1.78. The van der Waals surface area contributed by atoms with Gasteiger partial charge in [-0.3, -0.25) is 4.79 Å². The second-order valence-corrected chi connectivity index (χ2v) is 7.33. The van der Waals surface area contributed by atoms with E-state index in [1.807, 2.05) is 60.7 Å². The number of benzene rings is 2. The van der Waals surface area contributed by atoms with Crippen LogP contribution in [0, 0.1) is 0 Å². The zero-order valence-electron chi connectivity index (χ0n) is 12.9. The van der Waals surface area contributed by atoms with Gasteiger partial charge in [0.15, 0.2) is 5.78 Å². The molecule has 0 amide bonds. The number of ether oxygens (including phenoxy) is 1. The number of Topliss-reactive ketones (excluding diaryl/α,β-unsaturated/α-hetero) is 1. The van der Waals surface area contributed by atoms with Gasteiger partial charge in [-0.1, -0.05) is 36.4 Å². The first-order valence-corrected chi connectivity index (χ1v) is 8.61. The van der Waals surface area contributed by atoms with Crippen molar-refractivity contribution in [2.45, 2.75) is 35.0 Å². The molecule has 1 fully saturated rings. The highest BCUT2D eigenvalue weighted by atomic mass is 32.2. The summed E-state index contributed by atoms with van der Waals surface area (Å²) in [6, 6.07) is 19.3. The minimum absolute atomic E-state index is 0.00710. The van der Waals surface area contributed by atoms with Crippen LogP contribution in [-0.4, -0.2) is 28.3 Å². The van der Waals surface area contributed by atoms with Crippen molar-refractivity contribution in [3.63, 3.8) is 0 Å². The Morgan fingerprint density at radius 1 is 1.09 bits per heavy atom. The van der Waals surface area contributed by atoms with Crippen LogP contribution in [0.2, 0.25) is 0 Å². The third-order valence-electron chi connectivity index (χ3n) is 3.98. The molecular weight excluding hydrogens is 308 g/mol. The van der Waals surface area contributed by atoms with Crippen LogP contribution in [0.15, 0.2) is 65.6 Å². The van der Waals surface area contributed by atoms with Crippen molar-refractivity contribution in [2.75, 3.05) is 6.61 Å². The first-order chi connectivity index (χ1) is 11.2. The van der Waals surface area contributed by atoms with E-state index in [0.717, 1.165) is 17.7 Å². The monoisotopic (exact) mass is 328 g/mol. The third-order valence-corrected chi connectivity index (χ3v) is 5.57. The predicted octanol–water partition coefficient (Wildman–Crippen LogP) is 3.71. The maximum atomic E-state index is 12.1. The topological polar surface area (TPSA) is 46.5 Å². The van der Waals surface area contributed by atoms with Gasteiger partial charge in [-0.15, -0.1) is 11.8 Å². The normalized spacial score (nSPS) is 16.6. The number of ketones is 1. The molecule has 0 aromatic heterocycles. The molecule has 2 aromatic rings. The Labute approximate surface area is 140 Å². The van der Waals surface area contributed by atoms with Crippen LogP contribution in [0.25, 0.3) is 0 Å². The van der Waals surface area contributed by atoms with E-state index in [1.165, 1.54) is 0 Å². The van der Waals surface area contributed by atoms with Gasteiger partial charge in [0.25, 0.3) is 0 Å². The van der Waals surface area contributed by atoms with Crippen LogP contribution in [0.3, 0.4) is 0 Å². The van der Waals surface area contributed by atoms with Crippen LogP contribution < -0.4 is 4.74 Å². The SMILES string of the molecule is O=C(COc1ccccc1)C[C@@H](O)C1(Sc2ccccc2)CC1. The average molecular weight is 328 g/mol. The Morgan fingerprint density at radius 3 is 2.30 bits per heavy atom. The Kier molecular flexibility index (Phi) is 5.03. The largest absolute Gasteiger partial charge is 0.486 e. The maximum absolute atomic E-state index is 12.1. The Balaban J connectivity index is 1.50. The van der Waals surface area contributed by atoms with Crippen molar-refractivity contribution < 1.29 is 14.6 Å². The first kappa shape index (κ1) is 16.1. The van der Waals surface area contributed by atoms with Crippen molar-refractivity contribution in [3.05, 3.63) is 60.7 Å². The predicted molar refractivity (Wildman–Crippen MR) is 91.8 cm³/mol. The summed E-state index contributed by atoms with van der Waals surface area (Å²) in [5.41, 5.74) is 0. The number of aliphatic hydroxyl groups excluding tert-OH is 1. The van der Waals surface area contributed by atoms with Gasteiger partial charge in [0.05, 0.1) is 6.10 Å². The molecule has 23 heavy (non-hydrogen) atoms. The molecule has 1 aliphatic rings. The lowest BCUT2D eigenvalue weighted by molar-refractivity contribution is -0.123. The quantitative estimate of drug-likeness (QED) is 0.802. The van der Waals surface area contributed by atoms with Gasteiger partial charge in [0.1, 0.15) is 12.4 Å². The van der Waals surface area contributed by atoms with Crippen LogP contribution in [0.5, 0.6) is 5.75 Å². The third kappa shape index (κ3) is 4.36.